The third kappa shape index (κ3) is 2.59. The molecular weight excluding hydrogens is 254 g/mol. The fourth-order valence-corrected chi connectivity index (χ4v) is 1.46. The Morgan fingerprint density at radius 2 is 2.06 bits per heavy atom. The molecule has 0 spiro atoms. The molecule has 96 valence electrons. The Bertz CT molecular complexity index is 567. The van der Waals surface area contributed by atoms with Gasteiger partial charge in [-0.3, -0.25) is 4.68 Å². The molecule has 0 amide bonds. The van der Waals surface area contributed by atoms with Crippen LogP contribution in [0.25, 0.3) is 0 Å². The molecule has 0 N–H and O–H groups in total. The molecule has 0 aromatic carbocycles. The average molecular weight is 268 g/mol. The summed E-state index contributed by atoms with van der Waals surface area (Å²) < 4.78 is 7.08. The molecule has 0 saturated carbocycles. The minimum absolute atomic E-state index is 0.169. The van der Waals surface area contributed by atoms with Gasteiger partial charge in [0.2, 0.25) is 5.88 Å². The van der Waals surface area contributed by atoms with Gasteiger partial charge in [0.25, 0.3) is 0 Å². The Hall–Kier alpha value is -1.69. The van der Waals surface area contributed by atoms with Gasteiger partial charge in [0.05, 0.1) is 0 Å². The van der Waals surface area contributed by atoms with Gasteiger partial charge in [-0.05, 0) is 6.92 Å². The van der Waals surface area contributed by atoms with Gasteiger partial charge in [-0.1, -0.05) is 25.4 Å². The van der Waals surface area contributed by atoms with Gasteiger partial charge in [0, 0.05) is 18.5 Å². The molecule has 6 nitrogen and oxygen atoms in total. The summed E-state index contributed by atoms with van der Waals surface area (Å²) in [6, 6.07) is 0.241. The van der Waals surface area contributed by atoms with Crippen LogP contribution in [0.4, 0.5) is 0 Å². The molecule has 0 unspecified atom stereocenters. The summed E-state index contributed by atoms with van der Waals surface area (Å²) in [6.07, 6.45) is 1.55. The first-order valence-corrected chi connectivity index (χ1v) is 5.92. The molecule has 2 aromatic heterocycles. The van der Waals surface area contributed by atoms with Crippen molar-refractivity contribution in [1.82, 2.24) is 24.7 Å². The summed E-state index contributed by atoms with van der Waals surface area (Å²) in [5.74, 6) is 1.20. The van der Waals surface area contributed by atoms with Crippen LogP contribution in [0.2, 0.25) is 5.15 Å². The number of hydrogen-bond donors (Lipinski definition) is 0. The van der Waals surface area contributed by atoms with Crippen molar-refractivity contribution in [2.75, 3.05) is 0 Å². The second-order valence-corrected chi connectivity index (χ2v) is 4.62. The molecule has 0 aliphatic heterocycles. The lowest BCUT2D eigenvalue weighted by atomic mass is 10.2. The van der Waals surface area contributed by atoms with Crippen LogP contribution in [0.3, 0.4) is 0 Å². The lowest BCUT2D eigenvalue weighted by Gasteiger charge is -2.09. The zero-order valence-electron chi connectivity index (χ0n) is 10.7. The summed E-state index contributed by atoms with van der Waals surface area (Å²) in [7, 11) is 1.76. The number of hydrogen-bond acceptors (Lipinski definition) is 5. The lowest BCUT2D eigenvalue weighted by molar-refractivity contribution is 0.414. The number of ether oxygens (including phenoxy) is 1. The maximum Gasteiger partial charge on any atom is 0.342 e. The van der Waals surface area contributed by atoms with Crippen molar-refractivity contribution in [2.45, 2.75) is 26.7 Å². The molecule has 0 saturated heterocycles. The van der Waals surface area contributed by atoms with Crippen LogP contribution >= 0.6 is 11.6 Å². The van der Waals surface area contributed by atoms with Crippen LogP contribution in [0, 0.1) is 6.92 Å². The standard InChI is InChI=1S/C11H14ClN5O/c1-6(2)9-14-8(12)7(3)10(15-9)18-11-13-5-17(4)16-11/h5-6H,1-4H3. The van der Waals surface area contributed by atoms with Crippen molar-refractivity contribution < 1.29 is 4.74 Å². The molecule has 2 heterocycles. The summed E-state index contributed by atoms with van der Waals surface area (Å²) in [5.41, 5.74) is 0.675. The van der Waals surface area contributed by atoms with E-state index in [1.54, 1.807) is 25.0 Å². The van der Waals surface area contributed by atoms with Gasteiger partial charge in [-0.25, -0.2) is 4.98 Å². The highest BCUT2D eigenvalue weighted by molar-refractivity contribution is 6.30. The second kappa shape index (κ2) is 4.89. The zero-order chi connectivity index (χ0) is 13.3. The predicted molar refractivity (Wildman–Crippen MR) is 66.9 cm³/mol. The van der Waals surface area contributed by atoms with E-state index in [0.717, 1.165) is 0 Å². The van der Waals surface area contributed by atoms with E-state index < -0.39 is 0 Å². The van der Waals surface area contributed by atoms with Crippen molar-refractivity contribution in [1.29, 1.82) is 0 Å². The Kier molecular flexibility index (Phi) is 3.47. The number of aromatic nitrogens is 5. The molecule has 2 rings (SSSR count). The van der Waals surface area contributed by atoms with E-state index in [1.807, 2.05) is 13.8 Å². The van der Waals surface area contributed by atoms with Crippen molar-refractivity contribution in [3.63, 3.8) is 0 Å². The normalized spacial score (nSPS) is 11.0. The maximum absolute atomic E-state index is 6.06. The van der Waals surface area contributed by atoms with Crippen LogP contribution in [0.1, 0.15) is 31.2 Å². The summed E-state index contributed by atoms with van der Waals surface area (Å²) in [5, 5.41) is 4.42. The van der Waals surface area contributed by atoms with E-state index in [4.69, 9.17) is 16.3 Å². The molecule has 0 bridgehead atoms. The molecular formula is C11H14ClN5O. The summed E-state index contributed by atoms with van der Waals surface area (Å²) in [4.78, 5) is 12.5. The molecule has 0 fully saturated rings. The number of halogens is 1. The topological polar surface area (TPSA) is 65.7 Å². The smallest absolute Gasteiger partial charge is 0.342 e. The van der Waals surface area contributed by atoms with Crippen molar-refractivity contribution in [3.05, 3.63) is 22.9 Å². The molecule has 0 radical (unpaired) electrons. The molecule has 7 heteroatoms. The van der Waals surface area contributed by atoms with E-state index in [1.165, 1.54) is 0 Å². The van der Waals surface area contributed by atoms with Crippen molar-refractivity contribution >= 4 is 11.6 Å². The Morgan fingerprint density at radius 1 is 1.33 bits per heavy atom. The highest BCUT2D eigenvalue weighted by Gasteiger charge is 2.14. The largest absolute Gasteiger partial charge is 0.404 e. The van der Waals surface area contributed by atoms with Crippen LogP contribution in [0.15, 0.2) is 6.33 Å². The number of rotatable bonds is 3. The third-order valence-corrected chi connectivity index (χ3v) is 2.71. The van der Waals surface area contributed by atoms with E-state index in [-0.39, 0.29) is 11.9 Å². The molecule has 2 aromatic rings. The van der Waals surface area contributed by atoms with Gasteiger partial charge >= 0.3 is 6.01 Å². The van der Waals surface area contributed by atoms with Crippen molar-refractivity contribution in [3.8, 4) is 11.9 Å². The van der Waals surface area contributed by atoms with E-state index in [2.05, 4.69) is 20.1 Å². The van der Waals surface area contributed by atoms with Crippen molar-refractivity contribution in [2.24, 2.45) is 7.05 Å². The first-order valence-electron chi connectivity index (χ1n) is 5.55. The summed E-state index contributed by atoms with van der Waals surface area (Å²) >= 11 is 6.06. The predicted octanol–water partition coefficient (Wildman–Crippen LogP) is 2.48. The number of nitrogens with zero attached hydrogens (tertiary/aromatic N) is 5. The molecule has 18 heavy (non-hydrogen) atoms. The second-order valence-electron chi connectivity index (χ2n) is 4.26. The van der Waals surface area contributed by atoms with Gasteiger partial charge < -0.3 is 4.74 Å². The minimum atomic E-state index is 0.169. The first-order chi connectivity index (χ1) is 8.47. The Balaban J connectivity index is 2.37. The fourth-order valence-electron chi connectivity index (χ4n) is 1.30. The quantitative estimate of drug-likeness (QED) is 0.800. The number of aryl methyl sites for hydroxylation is 1. The van der Waals surface area contributed by atoms with Crippen LogP contribution < -0.4 is 4.74 Å². The Labute approximate surface area is 110 Å². The molecule has 0 aliphatic carbocycles. The van der Waals surface area contributed by atoms with Gasteiger partial charge in [0.15, 0.2) is 0 Å². The Morgan fingerprint density at radius 3 is 2.61 bits per heavy atom. The SMILES string of the molecule is Cc1c(Cl)nc(C(C)C)nc1Oc1ncn(C)n1. The van der Waals surface area contributed by atoms with Gasteiger partial charge in [-0.15, -0.1) is 5.10 Å². The van der Waals surface area contributed by atoms with E-state index in [9.17, 15) is 0 Å². The zero-order valence-corrected chi connectivity index (χ0v) is 11.4. The fraction of sp³-hybridized carbons (Fsp3) is 0.455. The highest BCUT2D eigenvalue weighted by atomic mass is 35.5. The maximum atomic E-state index is 6.06. The van der Waals surface area contributed by atoms with Crippen LogP contribution in [0.5, 0.6) is 11.9 Å². The van der Waals surface area contributed by atoms with E-state index >= 15 is 0 Å². The first kappa shape index (κ1) is 12.8. The molecule has 0 aliphatic rings. The highest BCUT2D eigenvalue weighted by Crippen LogP contribution is 2.26. The van der Waals surface area contributed by atoms with Gasteiger partial charge in [-0.2, -0.15) is 9.97 Å². The van der Waals surface area contributed by atoms with Crippen LogP contribution in [-0.2, 0) is 7.05 Å². The summed E-state index contributed by atoms with van der Waals surface area (Å²) in [6.45, 7) is 5.78. The average Bonchev–Trinajstić information content (AvgIpc) is 2.70. The lowest BCUT2D eigenvalue weighted by Crippen LogP contribution is -2.03. The van der Waals surface area contributed by atoms with Gasteiger partial charge in [0.1, 0.15) is 17.3 Å². The van der Waals surface area contributed by atoms with Crippen LogP contribution in [-0.4, -0.2) is 24.7 Å². The minimum Gasteiger partial charge on any atom is -0.404 e. The molecule has 0 atom stereocenters. The monoisotopic (exact) mass is 267 g/mol. The third-order valence-electron chi connectivity index (χ3n) is 2.34. The van der Waals surface area contributed by atoms with E-state index in [0.29, 0.717) is 22.4 Å².